The Balaban J connectivity index is 1.74. The van der Waals surface area contributed by atoms with Crippen molar-refractivity contribution in [1.82, 2.24) is 9.80 Å². The molecule has 0 saturated carbocycles. The van der Waals surface area contributed by atoms with E-state index >= 15 is 0 Å². The summed E-state index contributed by atoms with van der Waals surface area (Å²) in [6.45, 7) is 6.88. The third kappa shape index (κ3) is 2.08. The van der Waals surface area contributed by atoms with E-state index in [4.69, 9.17) is 0 Å². The fourth-order valence-corrected chi connectivity index (χ4v) is 5.34. The summed E-state index contributed by atoms with van der Waals surface area (Å²) in [4.78, 5) is 30.4. The predicted molar refractivity (Wildman–Crippen MR) is 102 cm³/mol. The van der Waals surface area contributed by atoms with Crippen molar-refractivity contribution < 1.29 is 9.59 Å². The number of amides is 2. The van der Waals surface area contributed by atoms with Gasteiger partial charge in [-0.1, -0.05) is 54.6 Å². The van der Waals surface area contributed by atoms with Crippen molar-refractivity contribution in [2.45, 2.75) is 43.7 Å². The number of rotatable bonds is 4. The maximum atomic E-state index is 13.6. The number of carbonyl (C=O) groups excluding carboxylic acids is 2. The second-order valence-electron chi connectivity index (χ2n) is 8.00. The van der Waals surface area contributed by atoms with Crippen LogP contribution in [0.4, 0.5) is 0 Å². The van der Waals surface area contributed by atoms with E-state index < -0.39 is 11.1 Å². The molecule has 0 aromatic heterocycles. The van der Waals surface area contributed by atoms with Crippen molar-refractivity contribution in [3.8, 4) is 0 Å². The number of nitrogens with zero attached hydrogens (tertiary/aromatic N) is 2. The van der Waals surface area contributed by atoms with Crippen molar-refractivity contribution in [2.24, 2.45) is 5.92 Å². The highest BCUT2D eigenvalue weighted by atomic mass is 16.2. The number of piperazine rings is 1. The van der Waals surface area contributed by atoms with Gasteiger partial charge in [-0.25, -0.2) is 0 Å². The zero-order chi connectivity index (χ0) is 18.5. The number of carbonyl (C=O) groups is 2. The first-order valence-corrected chi connectivity index (χ1v) is 9.41. The predicted octanol–water partition coefficient (Wildman–Crippen LogP) is 3.26. The second kappa shape index (κ2) is 5.83. The maximum absolute atomic E-state index is 13.6. The third-order valence-electron chi connectivity index (χ3n) is 6.66. The third-order valence-corrected chi connectivity index (χ3v) is 6.66. The van der Waals surface area contributed by atoms with E-state index in [9.17, 15) is 9.59 Å². The standard InChI is InChI=1S/C22H26N2O2/c1-16(2)18-15-21-12-8-14-24(21)20(26)22(18,23(3)19(21)25)13-7-11-17-9-5-4-6-10-17/h4-7,9-11,18H,1,8,12-15H2,2-3H3/b11-7+/t18-,21-,22+/m1/s1. The van der Waals surface area contributed by atoms with E-state index in [1.165, 1.54) is 0 Å². The van der Waals surface area contributed by atoms with Gasteiger partial charge in [-0.05, 0) is 38.2 Å². The van der Waals surface area contributed by atoms with Crippen LogP contribution in [0.15, 0.2) is 48.6 Å². The van der Waals surface area contributed by atoms with Crippen molar-refractivity contribution >= 4 is 17.9 Å². The molecular weight excluding hydrogens is 324 g/mol. The fourth-order valence-electron chi connectivity index (χ4n) is 5.34. The molecule has 0 aliphatic carbocycles. The van der Waals surface area contributed by atoms with Crippen LogP contribution in [-0.2, 0) is 9.59 Å². The summed E-state index contributed by atoms with van der Waals surface area (Å²) in [6.07, 6.45) is 7.01. The molecule has 1 aromatic carbocycles. The van der Waals surface area contributed by atoms with Crippen molar-refractivity contribution in [2.75, 3.05) is 13.6 Å². The Morgan fingerprint density at radius 2 is 2.00 bits per heavy atom. The minimum absolute atomic E-state index is 0.00692. The molecule has 0 unspecified atom stereocenters. The van der Waals surface area contributed by atoms with Crippen LogP contribution in [0.5, 0.6) is 0 Å². The fraction of sp³-hybridized carbons (Fsp3) is 0.455. The summed E-state index contributed by atoms with van der Waals surface area (Å²) >= 11 is 0. The summed E-state index contributed by atoms with van der Waals surface area (Å²) in [6, 6.07) is 10.0. The highest BCUT2D eigenvalue weighted by Gasteiger charge is 2.70. The molecule has 4 heterocycles. The van der Waals surface area contributed by atoms with Gasteiger partial charge in [0.15, 0.2) is 0 Å². The van der Waals surface area contributed by atoms with Gasteiger partial charge in [0, 0.05) is 19.5 Å². The minimum Gasteiger partial charge on any atom is -0.328 e. The Kier molecular flexibility index (Phi) is 3.83. The number of piperidine rings is 2. The first-order valence-electron chi connectivity index (χ1n) is 9.41. The van der Waals surface area contributed by atoms with Crippen LogP contribution in [0.25, 0.3) is 6.08 Å². The topological polar surface area (TPSA) is 40.6 Å². The van der Waals surface area contributed by atoms with Crippen LogP contribution in [0.1, 0.15) is 38.2 Å². The minimum atomic E-state index is -0.833. The van der Waals surface area contributed by atoms with Crippen LogP contribution >= 0.6 is 0 Å². The normalized spacial score (nSPS) is 33.2. The Morgan fingerprint density at radius 1 is 1.27 bits per heavy atom. The van der Waals surface area contributed by atoms with E-state index in [0.717, 1.165) is 30.4 Å². The molecule has 0 N–H and O–H groups in total. The van der Waals surface area contributed by atoms with Gasteiger partial charge in [0.05, 0.1) is 0 Å². The number of fused-ring (bicyclic) bond motifs is 2. The number of likely N-dealkylation sites (N-methyl/N-ethyl adjacent to an activating group) is 1. The number of hydrogen-bond donors (Lipinski definition) is 0. The lowest BCUT2D eigenvalue weighted by molar-refractivity contribution is -0.192. The summed E-state index contributed by atoms with van der Waals surface area (Å²) in [7, 11) is 1.81. The molecule has 4 aliphatic rings. The van der Waals surface area contributed by atoms with E-state index in [2.05, 4.69) is 6.58 Å². The zero-order valence-electron chi connectivity index (χ0n) is 15.6. The Morgan fingerprint density at radius 3 is 2.69 bits per heavy atom. The molecule has 4 saturated heterocycles. The van der Waals surface area contributed by atoms with Gasteiger partial charge >= 0.3 is 0 Å². The molecule has 1 spiro atoms. The zero-order valence-corrected chi connectivity index (χ0v) is 15.6. The Hall–Kier alpha value is -2.36. The summed E-state index contributed by atoms with van der Waals surface area (Å²) in [5.74, 6) is 0.224. The smallest absolute Gasteiger partial charge is 0.250 e. The molecule has 1 aromatic rings. The van der Waals surface area contributed by atoms with Gasteiger partial charge in [0.1, 0.15) is 11.1 Å². The monoisotopic (exact) mass is 350 g/mol. The second-order valence-corrected chi connectivity index (χ2v) is 8.00. The molecule has 5 rings (SSSR count). The molecule has 0 radical (unpaired) electrons. The van der Waals surface area contributed by atoms with Gasteiger partial charge in [-0.2, -0.15) is 0 Å². The molecule has 3 atom stereocenters. The lowest BCUT2D eigenvalue weighted by Gasteiger charge is -2.63. The van der Waals surface area contributed by atoms with Gasteiger partial charge in [-0.3, -0.25) is 9.59 Å². The van der Waals surface area contributed by atoms with E-state index in [-0.39, 0.29) is 17.7 Å². The SMILES string of the molecule is C=C(C)[C@H]1C[C@@]23CCCN2C(=O)[C@@]1(C/C=C/c1ccccc1)N(C)C3=O. The Bertz CT molecular complexity index is 800. The summed E-state index contributed by atoms with van der Waals surface area (Å²) < 4.78 is 0. The van der Waals surface area contributed by atoms with Gasteiger partial charge in [0.25, 0.3) is 0 Å². The lowest BCUT2D eigenvalue weighted by Crippen LogP contribution is -2.81. The summed E-state index contributed by atoms with van der Waals surface area (Å²) in [5, 5.41) is 0. The quantitative estimate of drug-likeness (QED) is 0.782. The first kappa shape index (κ1) is 17.1. The van der Waals surface area contributed by atoms with Crippen molar-refractivity contribution in [3.63, 3.8) is 0 Å². The molecule has 136 valence electrons. The van der Waals surface area contributed by atoms with Crippen LogP contribution in [0, 0.1) is 5.92 Å². The molecular formula is C22H26N2O2. The van der Waals surface area contributed by atoms with Crippen molar-refractivity contribution in [1.29, 1.82) is 0 Å². The molecule has 2 amide bonds. The number of hydrogen-bond acceptors (Lipinski definition) is 2. The maximum Gasteiger partial charge on any atom is 0.250 e. The van der Waals surface area contributed by atoms with Crippen LogP contribution in [0.3, 0.4) is 0 Å². The van der Waals surface area contributed by atoms with Crippen LogP contribution in [-0.4, -0.2) is 46.3 Å². The molecule has 4 aliphatic heterocycles. The van der Waals surface area contributed by atoms with Gasteiger partial charge in [-0.15, -0.1) is 0 Å². The van der Waals surface area contributed by atoms with Crippen LogP contribution < -0.4 is 0 Å². The molecule has 4 fully saturated rings. The van der Waals surface area contributed by atoms with Gasteiger partial charge < -0.3 is 9.80 Å². The molecule has 4 nitrogen and oxygen atoms in total. The lowest BCUT2D eigenvalue weighted by atomic mass is 9.61. The first-order chi connectivity index (χ1) is 12.4. The average Bonchev–Trinajstić information content (AvgIpc) is 3.07. The van der Waals surface area contributed by atoms with E-state index in [0.29, 0.717) is 13.0 Å². The molecule has 26 heavy (non-hydrogen) atoms. The number of benzene rings is 1. The summed E-state index contributed by atoms with van der Waals surface area (Å²) in [5.41, 5.74) is 0.636. The van der Waals surface area contributed by atoms with Crippen molar-refractivity contribution in [3.05, 3.63) is 54.1 Å². The molecule has 2 bridgehead atoms. The highest BCUT2D eigenvalue weighted by molar-refractivity contribution is 6.05. The Labute approximate surface area is 155 Å². The van der Waals surface area contributed by atoms with E-state index in [1.54, 1.807) is 4.90 Å². The van der Waals surface area contributed by atoms with E-state index in [1.807, 2.05) is 61.4 Å². The highest BCUT2D eigenvalue weighted by Crippen LogP contribution is 2.55. The van der Waals surface area contributed by atoms with Gasteiger partial charge in [0.2, 0.25) is 11.8 Å². The van der Waals surface area contributed by atoms with Crippen LogP contribution in [0.2, 0.25) is 0 Å². The largest absolute Gasteiger partial charge is 0.328 e. The molecule has 4 heteroatoms. The average molecular weight is 350 g/mol.